The topological polar surface area (TPSA) is 57.8 Å². The van der Waals surface area contributed by atoms with Crippen LogP contribution in [0.4, 0.5) is 5.82 Å². The molecule has 18 heavy (non-hydrogen) atoms. The third-order valence-electron chi connectivity index (χ3n) is 3.67. The van der Waals surface area contributed by atoms with Gasteiger partial charge in [-0.3, -0.25) is 4.79 Å². The molecule has 1 aromatic rings. The van der Waals surface area contributed by atoms with Gasteiger partial charge in [-0.1, -0.05) is 18.5 Å². The average molecular weight is 290 g/mol. The molecule has 0 radical (unpaired) electrons. The average Bonchev–Trinajstić information content (AvgIpc) is 2.38. The second-order valence-electron chi connectivity index (χ2n) is 5.12. The van der Waals surface area contributed by atoms with Crippen molar-refractivity contribution in [2.75, 3.05) is 11.2 Å². The number of H-pyrrole nitrogens is 1. The number of aromatic amines is 1. The maximum Gasteiger partial charge on any atom is 0.271 e. The van der Waals surface area contributed by atoms with Gasteiger partial charge in [0, 0.05) is 5.88 Å². The lowest BCUT2D eigenvalue weighted by Gasteiger charge is -2.39. The third-order valence-corrected chi connectivity index (χ3v) is 4.53. The Morgan fingerprint density at radius 3 is 2.83 bits per heavy atom. The highest BCUT2D eigenvalue weighted by molar-refractivity contribution is 6.32. The lowest BCUT2D eigenvalue weighted by Crippen LogP contribution is -2.44. The van der Waals surface area contributed by atoms with Crippen LogP contribution in [0.1, 0.15) is 32.6 Å². The number of hydrogen-bond donors (Lipinski definition) is 2. The van der Waals surface area contributed by atoms with Crippen LogP contribution in [0.5, 0.6) is 0 Å². The molecule has 0 saturated heterocycles. The van der Waals surface area contributed by atoms with E-state index in [2.05, 4.69) is 22.2 Å². The Bertz CT molecular complexity index is 467. The van der Waals surface area contributed by atoms with Gasteiger partial charge in [0.2, 0.25) is 0 Å². The van der Waals surface area contributed by atoms with Crippen molar-refractivity contribution in [2.45, 2.75) is 38.1 Å². The van der Waals surface area contributed by atoms with Crippen LogP contribution >= 0.6 is 23.2 Å². The van der Waals surface area contributed by atoms with E-state index < -0.39 is 0 Å². The molecule has 1 aliphatic carbocycles. The van der Waals surface area contributed by atoms with Crippen LogP contribution in [0.3, 0.4) is 0 Å². The zero-order chi connectivity index (χ0) is 13.2. The number of anilines is 1. The van der Waals surface area contributed by atoms with Crippen LogP contribution in [0.15, 0.2) is 11.1 Å². The quantitative estimate of drug-likeness (QED) is 0.841. The highest BCUT2D eigenvalue weighted by atomic mass is 35.5. The lowest BCUT2D eigenvalue weighted by molar-refractivity contribution is 0.286. The molecule has 0 atom stereocenters. The van der Waals surface area contributed by atoms with Crippen LogP contribution in [0.2, 0.25) is 5.02 Å². The standard InChI is InChI=1S/C12H17Cl2N3O/c1-8-2-4-12(6-13,5-3-8)17-10-9(14)11(18)16-7-15-10/h7-8H,2-6H2,1H3,(H2,15,16,17,18). The van der Waals surface area contributed by atoms with E-state index in [1.807, 2.05) is 0 Å². The molecule has 2 rings (SSSR count). The Morgan fingerprint density at radius 2 is 2.22 bits per heavy atom. The maximum absolute atomic E-state index is 11.4. The van der Waals surface area contributed by atoms with E-state index in [-0.39, 0.29) is 16.1 Å². The molecule has 1 saturated carbocycles. The number of hydrogen-bond acceptors (Lipinski definition) is 3. The van der Waals surface area contributed by atoms with Gasteiger partial charge >= 0.3 is 0 Å². The number of rotatable bonds is 3. The summed E-state index contributed by atoms with van der Waals surface area (Å²) in [5.41, 5.74) is -0.526. The van der Waals surface area contributed by atoms with Crippen LogP contribution in [-0.2, 0) is 0 Å². The molecule has 1 aromatic heterocycles. The lowest BCUT2D eigenvalue weighted by atomic mass is 9.78. The molecule has 0 bridgehead atoms. The Balaban J connectivity index is 2.20. The van der Waals surface area contributed by atoms with Gasteiger partial charge in [-0.15, -0.1) is 11.6 Å². The van der Waals surface area contributed by atoms with Crippen molar-refractivity contribution in [2.24, 2.45) is 5.92 Å². The van der Waals surface area contributed by atoms with Crippen LogP contribution < -0.4 is 10.9 Å². The molecule has 100 valence electrons. The normalized spacial score (nSPS) is 28.1. The van der Waals surface area contributed by atoms with Crippen molar-refractivity contribution in [1.82, 2.24) is 9.97 Å². The van der Waals surface area contributed by atoms with E-state index >= 15 is 0 Å². The smallest absolute Gasteiger partial charge is 0.271 e. The summed E-state index contributed by atoms with van der Waals surface area (Å²) in [5, 5.41) is 3.38. The predicted octanol–water partition coefficient (Wildman–Crippen LogP) is 3.02. The van der Waals surface area contributed by atoms with Gasteiger partial charge in [0.15, 0.2) is 5.82 Å². The molecule has 1 heterocycles. The van der Waals surface area contributed by atoms with Crippen molar-refractivity contribution in [3.05, 3.63) is 21.7 Å². The van der Waals surface area contributed by atoms with E-state index in [0.29, 0.717) is 11.7 Å². The second kappa shape index (κ2) is 5.49. The monoisotopic (exact) mass is 289 g/mol. The zero-order valence-electron chi connectivity index (χ0n) is 10.3. The van der Waals surface area contributed by atoms with Crippen LogP contribution in [-0.4, -0.2) is 21.4 Å². The van der Waals surface area contributed by atoms with Gasteiger partial charge < -0.3 is 10.3 Å². The highest BCUT2D eigenvalue weighted by Crippen LogP contribution is 2.35. The van der Waals surface area contributed by atoms with Crippen molar-refractivity contribution in [1.29, 1.82) is 0 Å². The molecule has 0 aliphatic heterocycles. The number of halogens is 2. The summed E-state index contributed by atoms with van der Waals surface area (Å²) in [4.78, 5) is 18.0. The van der Waals surface area contributed by atoms with Gasteiger partial charge in [-0.2, -0.15) is 0 Å². The Kier molecular flexibility index (Phi) is 4.17. The molecule has 4 nitrogen and oxygen atoms in total. The van der Waals surface area contributed by atoms with E-state index in [0.717, 1.165) is 31.6 Å². The first-order valence-electron chi connectivity index (χ1n) is 6.14. The molecule has 0 aromatic carbocycles. The molecule has 6 heteroatoms. The Morgan fingerprint density at radius 1 is 1.56 bits per heavy atom. The van der Waals surface area contributed by atoms with Crippen molar-refractivity contribution in [3.8, 4) is 0 Å². The van der Waals surface area contributed by atoms with Crippen LogP contribution in [0, 0.1) is 5.92 Å². The van der Waals surface area contributed by atoms with E-state index in [4.69, 9.17) is 23.2 Å². The van der Waals surface area contributed by atoms with Gasteiger partial charge in [-0.05, 0) is 31.6 Å². The largest absolute Gasteiger partial charge is 0.362 e. The third kappa shape index (κ3) is 2.81. The number of nitrogens with zero attached hydrogens (tertiary/aromatic N) is 1. The summed E-state index contributed by atoms with van der Waals surface area (Å²) >= 11 is 12.1. The number of nitrogens with one attached hydrogen (secondary N) is 2. The maximum atomic E-state index is 11.4. The minimum Gasteiger partial charge on any atom is -0.362 e. The molecule has 0 unspecified atom stereocenters. The summed E-state index contributed by atoms with van der Waals surface area (Å²) < 4.78 is 0. The highest BCUT2D eigenvalue weighted by Gasteiger charge is 2.34. The second-order valence-corrected chi connectivity index (χ2v) is 5.76. The fourth-order valence-corrected chi connectivity index (χ4v) is 2.81. The first-order valence-corrected chi connectivity index (χ1v) is 7.05. The Hall–Kier alpha value is -0.740. The number of alkyl halides is 1. The first kappa shape index (κ1) is 13.7. The molecule has 1 aliphatic rings. The predicted molar refractivity (Wildman–Crippen MR) is 74.6 cm³/mol. The number of aromatic nitrogens is 2. The zero-order valence-corrected chi connectivity index (χ0v) is 11.8. The molecular formula is C12H17Cl2N3O. The molecular weight excluding hydrogens is 273 g/mol. The summed E-state index contributed by atoms with van der Waals surface area (Å²) in [6, 6.07) is 0. The molecule has 2 N–H and O–H groups in total. The Labute approximate surface area is 116 Å². The minimum atomic E-state index is -0.330. The van der Waals surface area contributed by atoms with Gasteiger partial charge in [0.25, 0.3) is 5.56 Å². The fourth-order valence-electron chi connectivity index (χ4n) is 2.33. The van der Waals surface area contributed by atoms with E-state index in [1.165, 1.54) is 6.33 Å². The summed E-state index contributed by atoms with van der Waals surface area (Å²) in [5.74, 6) is 1.64. The fraction of sp³-hybridized carbons (Fsp3) is 0.667. The summed E-state index contributed by atoms with van der Waals surface area (Å²) in [7, 11) is 0. The molecule has 0 amide bonds. The summed E-state index contributed by atoms with van der Waals surface area (Å²) in [6.45, 7) is 2.25. The molecule has 0 spiro atoms. The van der Waals surface area contributed by atoms with Gasteiger partial charge in [0.05, 0.1) is 11.9 Å². The van der Waals surface area contributed by atoms with Crippen molar-refractivity contribution < 1.29 is 0 Å². The molecule has 1 fully saturated rings. The van der Waals surface area contributed by atoms with Gasteiger partial charge in [0.1, 0.15) is 5.02 Å². The van der Waals surface area contributed by atoms with E-state index in [1.54, 1.807) is 0 Å². The first-order chi connectivity index (χ1) is 8.56. The van der Waals surface area contributed by atoms with Crippen LogP contribution in [0.25, 0.3) is 0 Å². The SMILES string of the molecule is CC1CCC(CCl)(Nc2nc[nH]c(=O)c2Cl)CC1. The van der Waals surface area contributed by atoms with Gasteiger partial charge in [-0.25, -0.2) is 4.98 Å². The van der Waals surface area contributed by atoms with Crippen molar-refractivity contribution >= 4 is 29.0 Å². The van der Waals surface area contributed by atoms with E-state index in [9.17, 15) is 4.79 Å². The minimum absolute atomic E-state index is 0.0978. The summed E-state index contributed by atoms with van der Waals surface area (Å²) in [6.07, 6.45) is 5.55. The van der Waals surface area contributed by atoms with Crippen molar-refractivity contribution in [3.63, 3.8) is 0 Å².